The second kappa shape index (κ2) is 25.0. The predicted octanol–water partition coefficient (Wildman–Crippen LogP) is 15.6. The van der Waals surface area contributed by atoms with Gasteiger partial charge in [0.15, 0.2) is 0 Å². The third kappa shape index (κ3) is 14.7. The van der Waals surface area contributed by atoms with Crippen molar-refractivity contribution in [3.8, 4) is 0 Å². The maximum absolute atomic E-state index is 2.50. The molecule has 0 aromatic heterocycles. The lowest BCUT2D eigenvalue weighted by molar-refractivity contribution is 0.567. The Balaban J connectivity index is 0. The predicted molar refractivity (Wildman–Crippen MR) is 218 cm³/mol. The first kappa shape index (κ1) is 46.0. The fraction of sp³-hybridized carbons (Fsp3) is 0.489. The van der Waals surface area contributed by atoms with Gasteiger partial charge in [-0.25, -0.2) is 0 Å². The molecule has 262 valence electrons. The Labute approximate surface area is 294 Å². The van der Waals surface area contributed by atoms with E-state index in [9.17, 15) is 0 Å². The Kier molecular flexibility index (Phi) is 24.4. The summed E-state index contributed by atoms with van der Waals surface area (Å²) < 4.78 is 0. The van der Waals surface area contributed by atoms with Gasteiger partial charge >= 0.3 is 0 Å². The molecule has 0 amide bonds. The lowest BCUT2D eigenvalue weighted by Gasteiger charge is -2.33. The summed E-state index contributed by atoms with van der Waals surface area (Å²) >= 11 is 0. The third-order valence-corrected chi connectivity index (χ3v) is 8.17. The first-order valence-electron chi connectivity index (χ1n) is 18.4. The van der Waals surface area contributed by atoms with Crippen molar-refractivity contribution in [3.63, 3.8) is 0 Å². The number of rotatable bonds is 8. The molecular weight excluding hydrogens is 565 g/mol. The van der Waals surface area contributed by atoms with Crippen molar-refractivity contribution < 1.29 is 0 Å². The maximum Gasteiger partial charge on any atom is 0.00641 e. The molecule has 0 heteroatoms. The SMILES string of the molecule is C.CC.CC.CC.CC(c1ccccc1)c1cc(C(C)c2ccccc2)c(C(C)(C)C)c(C(C)c2ccccc2)c1.CCCC(C)C. The second-order valence-electron chi connectivity index (χ2n) is 12.9. The van der Waals surface area contributed by atoms with Crippen LogP contribution in [0.1, 0.15) is 181 Å². The van der Waals surface area contributed by atoms with Crippen molar-refractivity contribution in [1.82, 2.24) is 0 Å². The van der Waals surface area contributed by atoms with Crippen LogP contribution >= 0.6 is 0 Å². The second-order valence-corrected chi connectivity index (χ2v) is 12.9. The molecule has 4 aromatic rings. The van der Waals surface area contributed by atoms with Gasteiger partial charge < -0.3 is 0 Å². The molecule has 4 rings (SSSR count). The monoisotopic (exact) mass is 639 g/mol. The molecule has 0 saturated carbocycles. The molecule has 0 aliphatic heterocycles. The molecule has 4 aromatic carbocycles. The van der Waals surface area contributed by atoms with Crippen LogP contribution in [0.4, 0.5) is 0 Å². The van der Waals surface area contributed by atoms with E-state index in [-0.39, 0.29) is 12.8 Å². The first-order chi connectivity index (χ1) is 22.0. The lowest BCUT2D eigenvalue weighted by atomic mass is 9.71. The van der Waals surface area contributed by atoms with Gasteiger partial charge in [0, 0.05) is 17.8 Å². The molecule has 0 aliphatic carbocycles. The smallest absolute Gasteiger partial charge is 0.00641 e. The van der Waals surface area contributed by atoms with E-state index < -0.39 is 0 Å². The normalized spacial score (nSPS) is 12.1. The standard InChI is InChI=1S/C34H38.C6H14.3C2H6.CH4/c1-24(27-16-10-7-11-17-27)30-22-31(25(2)28-18-12-8-13-19-28)33(34(4,5)6)32(23-30)26(3)29-20-14-9-15-21-29;1-4-5-6(2)3;3*1-2;/h7-26H,1-6H3;6H,4-5H2,1-3H3;3*1-2H3;1H4. The summed E-state index contributed by atoms with van der Waals surface area (Å²) in [5.41, 5.74) is 9.94. The minimum Gasteiger partial charge on any atom is -0.0776 e. The number of hydrogen-bond donors (Lipinski definition) is 0. The fourth-order valence-electron chi connectivity index (χ4n) is 5.86. The Bertz CT molecular complexity index is 1210. The van der Waals surface area contributed by atoms with E-state index in [1.54, 1.807) is 0 Å². The van der Waals surface area contributed by atoms with Gasteiger partial charge in [-0.3, -0.25) is 0 Å². The van der Waals surface area contributed by atoms with Crippen molar-refractivity contribution in [2.75, 3.05) is 0 Å². The van der Waals surface area contributed by atoms with Crippen molar-refractivity contribution in [2.24, 2.45) is 5.92 Å². The molecule has 0 saturated heterocycles. The van der Waals surface area contributed by atoms with Crippen LogP contribution in [0.2, 0.25) is 0 Å². The summed E-state index contributed by atoms with van der Waals surface area (Å²) in [6.45, 7) is 32.9. The lowest BCUT2D eigenvalue weighted by Crippen LogP contribution is -2.21. The minimum atomic E-state index is 0. The minimum absolute atomic E-state index is 0. The van der Waals surface area contributed by atoms with Crippen LogP contribution < -0.4 is 0 Å². The van der Waals surface area contributed by atoms with Gasteiger partial charge in [0.25, 0.3) is 0 Å². The van der Waals surface area contributed by atoms with Gasteiger partial charge in [-0.1, -0.05) is 227 Å². The molecule has 0 N–H and O–H groups in total. The van der Waals surface area contributed by atoms with Crippen molar-refractivity contribution >= 4 is 0 Å². The number of benzene rings is 4. The molecule has 47 heavy (non-hydrogen) atoms. The summed E-state index contributed by atoms with van der Waals surface area (Å²) in [5, 5.41) is 0. The summed E-state index contributed by atoms with van der Waals surface area (Å²) in [7, 11) is 0. The Hall–Kier alpha value is -3.12. The van der Waals surface area contributed by atoms with Crippen LogP contribution in [0.5, 0.6) is 0 Å². The molecule has 0 radical (unpaired) electrons. The zero-order chi connectivity index (χ0) is 35.3. The van der Waals surface area contributed by atoms with Gasteiger partial charge in [0.2, 0.25) is 0 Å². The van der Waals surface area contributed by atoms with E-state index >= 15 is 0 Å². The zero-order valence-electron chi connectivity index (χ0n) is 32.5. The summed E-state index contributed by atoms with van der Waals surface area (Å²) in [6, 6.07) is 37.8. The highest BCUT2D eigenvalue weighted by Crippen LogP contribution is 2.43. The molecule has 0 aliphatic rings. The Morgan fingerprint density at radius 2 is 0.766 bits per heavy atom. The molecule has 0 bridgehead atoms. The van der Waals surface area contributed by atoms with Crippen molar-refractivity contribution in [3.05, 3.63) is 142 Å². The van der Waals surface area contributed by atoms with E-state index in [1.165, 1.54) is 51.8 Å². The Morgan fingerprint density at radius 3 is 1.00 bits per heavy atom. The van der Waals surface area contributed by atoms with E-state index in [0.717, 1.165) is 5.92 Å². The topological polar surface area (TPSA) is 0 Å². The van der Waals surface area contributed by atoms with Crippen molar-refractivity contribution in [1.29, 1.82) is 0 Å². The van der Waals surface area contributed by atoms with Crippen LogP contribution in [0.15, 0.2) is 103 Å². The van der Waals surface area contributed by atoms with Crippen molar-refractivity contribution in [2.45, 2.75) is 147 Å². The van der Waals surface area contributed by atoms with Gasteiger partial charge in [-0.15, -0.1) is 0 Å². The van der Waals surface area contributed by atoms with Gasteiger partial charge in [0.1, 0.15) is 0 Å². The maximum atomic E-state index is 2.50. The molecule has 3 unspecified atom stereocenters. The average Bonchev–Trinajstić information content (AvgIpc) is 3.10. The number of hydrogen-bond acceptors (Lipinski definition) is 0. The van der Waals surface area contributed by atoms with E-state index in [0.29, 0.717) is 17.8 Å². The summed E-state index contributed by atoms with van der Waals surface area (Å²) in [6.07, 6.45) is 2.71. The molecule has 0 fully saturated rings. The molecular formula is C47H74. The van der Waals surface area contributed by atoms with Crippen LogP contribution in [0, 0.1) is 5.92 Å². The molecule has 0 heterocycles. The average molecular weight is 639 g/mol. The van der Waals surface area contributed by atoms with E-state index in [4.69, 9.17) is 0 Å². The van der Waals surface area contributed by atoms with E-state index in [1.807, 2.05) is 41.5 Å². The molecule has 0 nitrogen and oxygen atoms in total. The van der Waals surface area contributed by atoms with Gasteiger partial charge in [0.05, 0.1) is 0 Å². The largest absolute Gasteiger partial charge is 0.0776 e. The Morgan fingerprint density at radius 1 is 0.468 bits per heavy atom. The zero-order valence-corrected chi connectivity index (χ0v) is 32.5. The van der Waals surface area contributed by atoms with E-state index in [2.05, 4.69) is 165 Å². The van der Waals surface area contributed by atoms with Crippen LogP contribution in [0.3, 0.4) is 0 Å². The highest BCUT2D eigenvalue weighted by Gasteiger charge is 2.29. The molecule has 3 atom stereocenters. The summed E-state index contributed by atoms with van der Waals surface area (Å²) in [4.78, 5) is 0. The fourth-order valence-corrected chi connectivity index (χ4v) is 5.86. The van der Waals surface area contributed by atoms with Crippen LogP contribution in [0.25, 0.3) is 0 Å². The highest BCUT2D eigenvalue weighted by molar-refractivity contribution is 5.53. The summed E-state index contributed by atoms with van der Waals surface area (Å²) in [5.74, 6) is 1.87. The van der Waals surface area contributed by atoms with Crippen LogP contribution in [-0.2, 0) is 5.41 Å². The molecule has 0 spiro atoms. The highest BCUT2D eigenvalue weighted by atomic mass is 14.3. The first-order valence-corrected chi connectivity index (χ1v) is 18.4. The third-order valence-electron chi connectivity index (χ3n) is 8.17. The van der Waals surface area contributed by atoms with Gasteiger partial charge in [-0.2, -0.15) is 0 Å². The van der Waals surface area contributed by atoms with Gasteiger partial charge in [-0.05, 0) is 50.3 Å². The quantitative estimate of drug-likeness (QED) is 0.180. The van der Waals surface area contributed by atoms with Crippen LogP contribution in [-0.4, -0.2) is 0 Å².